The molecule has 3 aromatic carbocycles. The molecule has 0 spiro atoms. The van der Waals surface area contributed by atoms with Gasteiger partial charge in [-0.2, -0.15) is 4.31 Å². The Balaban J connectivity index is 1.68. The van der Waals surface area contributed by atoms with Gasteiger partial charge in [0.1, 0.15) is 10.7 Å². The lowest BCUT2D eigenvalue weighted by molar-refractivity contribution is -0.139. The van der Waals surface area contributed by atoms with Crippen LogP contribution in [-0.4, -0.2) is 38.9 Å². The Bertz CT molecular complexity index is 1320. The molecule has 0 radical (unpaired) electrons. The van der Waals surface area contributed by atoms with Crippen molar-refractivity contribution in [2.45, 2.75) is 37.0 Å². The van der Waals surface area contributed by atoms with E-state index in [-0.39, 0.29) is 34.0 Å². The van der Waals surface area contributed by atoms with E-state index in [1.54, 1.807) is 24.3 Å². The number of benzene rings is 3. The van der Waals surface area contributed by atoms with E-state index < -0.39 is 10.0 Å². The smallest absolute Gasteiger partial charge is 0.309 e. The summed E-state index contributed by atoms with van der Waals surface area (Å²) in [5.74, 6) is -0.640. The molecule has 0 aromatic heterocycles. The van der Waals surface area contributed by atoms with Crippen molar-refractivity contribution in [2.75, 3.05) is 20.2 Å². The van der Waals surface area contributed by atoms with Crippen LogP contribution in [0.4, 0.5) is 4.39 Å². The average molecular weight is 490 g/mol. The van der Waals surface area contributed by atoms with Gasteiger partial charge in [-0.25, -0.2) is 12.8 Å². The number of carbonyl (C=O) groups excluding carboxylic acids is 1. The molecule has 3 aromatic rings. The van der Waals surface area contributed by atoms with E-state index in [1.807, 2.05) is 13.0 Å². The van der Waals surface area contributed by atoms with Gasteiger partial charge in [0.05, 0.1) is 18.6 Å². The first-order valence-electron chi connectivity index (χ1n) is 10.8. The van der Waals surface area contributed by atoms with Crippen molar-refractivity contribution in [1.29, 1.82) is 0 Å². The van der Waals surface area contributed by atoms with Crippen LogP contribution in [0.1, 0.15) is 35.4 Å². The van der Waals surface area contributed by atoms with Gasteiger partial charge in [0.2, 0.25) is 10.0 Å². The third-order valence-corrected chi connectivity index (χ3v) is 8.80. The molecule has 0 bridgehead atoms. The Labute approximate surface area is 198 Å². The molecule has 4 rings (SSSR count). The minimum absolute atomic E-state index is 0.0320. The van der Waals surface area contributed by atoms with Gasteiger partial charge in [0.15, 0.2) is 0 Å². The molecule has 0 aliphatic carbocycles. The van der Waals surface area contributed by atoms with Crippen LogP contribution in [0.2, 0.25) is 5.02 Å². The molecule has 0 saturated carbocycles. The summed E-state index contributed by atoms with van der Waals surface area (Å²) < 4.78 is 46.7. The van der Waals surface area contributed by atoms with E-state index in [0.717, 1.165) is 27.5 Å². The van der Waals surface area contributed by atoms with Crippen LogP contribution in [0.3, 0.4) is 0 Å². The second kappa shape index (κ2) is 9.41. The second-order valence-corrected chi connectivity index (χ2v) is 10.6. The Morgan fingerprint density at radius 3 is 2.52 bits per heavy atom. The SMILES string of the molecule is COC(=O)Cc1cc2ccc(F)cc2c(C2CCN(S(=O)(=O)c3ccccc3Cl)CC2)c1C. The molecular weight excluding hydrogens is 465 g/mol. The van der Waals surface area contributed by atoms with Gasteiger partial charge in [-0.1, -0.05) is 35.9 Å². The summed E-state index contributed by atoms with van der Waals surface area (Å²) in [5.41, 5.74) is 2.73. The first kappa shape index (κ1) is 23.7. The number of sulfonamides is 1. The number of hydrogen-bond acceptors (Lipinski definition) is 4. The maximum atomic E-state index is 14.2. The van der Waals surface area contributed by atoms with E-state index in [9.17, 15) is 17.6 Å². The van der Waals surface area contributed by atoms with Crippen LogP contribution < -0.4 is 0 Å². The van der Waals surface area contributed by atoms with Gasteiger partial charge >= 0.3 is 5.97 Å². The quantitative estimate of drug-likeness (QED) is 0.461. The monoisotopic (exact) mass is 489 g/mol. The van der Waals surface area contributed by atoms with Gasteiger partial charge in [0.25, 0.3) is 0 Å². The number of carbonyl (C=O) groups is 1. The molecule has 8 heteroatoms. The van der Waals surface area contributed by atoms with Gasteiger partial charge in [-0.05, 0) is 77.4 Å². The molecule has 1 fully saturated rings. The van der Waals surface area contributed by atoms with Gasteiger partial charge in [-0.3, -0.25) is 4.79 Å². The highest BCUT2D eigenvalue weighted by Crippen LogP contribution is 2.39. The predicted octanol–water partition coefficient (Wildman–Crippen LogP) is 5.22. The molecule has 0 unspecified atom stereocenters. The Morgan fingerprint density at radius 2 is 1.85 bits per heavy atom. The van der Waals surface area contributed by atoms with Crippen LogP contribution in [0, 0.1) is 12.7 Å². The largest absolute Gasteiger partial charge is 0.469 e. The molecular formula is C25H25ClFNO4S. The maximum absolute atomic E-state index is 14.2. The van der Waals surface area contributed by atoms with Crippen molar-refractivity contribution in [2.24, 2.45) is 0 Å². The number of fused-ring (bicyclic) bond motifs is 1. The number of ether oxygens (including phenoxy) is 1. The lowest BCUT2D eigenvalue weighted by Crippen LogP contribution is -2.38. The predicted molar refractivity (Wildman–Crippen MR) is 127 cm³/mol. The van der Waals surface area contributed by atoms with Crippen LogP contribution in [0.5, 0.6) is 0 Å². The third-order valence-electron chi connectivity index (χ3n) is 6.40. The number of esters is 1. The lowest BCUT2D eigenvalue weighted by atomic mass is 9.82. The maximum Gasteiger partial charge on any atom is 0.309 e. The fourth-order valence-electron chi connectivity index (χ4n) is 4.67. The highest BCUT2D eigenvalue weighted by molar-refractivity contribution is 7.89. The molecule has 5 nitrogen and oxygen atoms in total. The summed E-state index contributed by atoms with van der Waals surface area (Å²) in [6, 6.07) is 13.0. The highest BCUT2D eigenvalue weighted by atomic mass is 35.5. The van der Waals surface area contributed by atoms with Crippen molar-refractivity contribution >= 4 is 38.4 Å². The Morgan fingerprint density at radius 1 is 1.15 bits per heavy atom. The summed E-state index contributed by atoms with van der Waals surface area (Å²) in [6.45, 7) is 2.59. The van der Waals surface area contributed by atoms with E-state index in [0.29, 0.717) is 25.9 Å². The first-order chi connectivity index (χ1) is 15.7. The lowest BCUT2D eigenvalue weighted by Gasteiger charge is -2.33. The first-order valence-corrected chi connectivity index (χ1v) is 12.6. The minimum atomic E-state index is -3.70. The van der Waals surface area contributed by atoms with Crippen LogP contribution in [-0.2, 0) is 26.0 Å². The van der Waals surface area contributed by atoms with E-state index >= 15 is 0 Å². The molecule has 1 saturated heterocycles. The van der Waals surface area contributed by atoms with Crippen molar-refractivity contribution in [3.8, 4) is 0 Å². The number of hydrogen-bond donors (Lipinski definition) is 0. The fraction of sp³-hybridized carbons (Fsp3) is 0.320. The summed E-state index contributed by atoms with van der Waals surface area (Å²) in [4.78, 5) is 12.1. The molecule has 1 aliphatic rings. The normalized spacial score (nSPS) is 15.6. The summed E-state index contributed by atoms with van der Waals surface area (Å²) >= 11 is 6.15. The van der Waals surface area contributed by atoms with E-state index in [4.69, 9.17) is 16.3 Å². The van der Waals surface area contributed by atoms with Gasteiger partial charge in [-0.15, -0.1) is 0 Å². The summed E-state index contributed by atoms with van der Waals surface area (Å²) in [6.07, 6.45) is 1.29. The number of methoxy groups -OCH3 is 1. The molecule has 174 valence electrons. The molecule has 0 amide bonds. The summed E-state index contributed by atoms with van der Waals surface area (Å²) in [5, 5.41) is 1.85. The number of rotatable bonds is 5. The van der Waals surface area contributed by atoms with Crippen molar-refractivity contribution in [3.63, 3.8) is 0 Å². The van der Waals surface area contributed by atoms with Gasteiger partial charge in [0, 0.05) is 13.1 Å². The number of halogens is 2. The molecule has 1 heterocycles. The zero-order valence-electron chi connectivity index (χ0n) is 18.5. The Hall–Kier alpha value is -2.48. The topological polar surface area (TPSA) is 63.7 Å². The highest BCUT2D eigenvalue weighted by Gasteiger charge is 2.32. The Kier molecular flexibility index (Phi) is 6.75. The second-order valence-electron chi connectivity index (χ2n) is 8.30. The molecule has 1 aliphatic heterocycles. The number of piperidine rings is 1. The molecule has 33 heavy (non-hydrogen) atoms. The molecule has 0 N–H and O–H groups in total. The average Bonchev–Trinajstić information content (AvgIpc) is 2.80. The van der Waals surface area contributed by atoms with Crippen molar-refractivity contribution < 1.29 is 22.3 Å². The minimum Gasteiger partial charge on any atom is -0.469 e. The van der Waals surface area contributed by atoms with E-state index in [1.165, 1.54) is 29.6 Å². The van der Waals surface area contributed by atoms with Crippen LogP contribution >= 0.6 is 11.6 Å². The third kappa shape index (κ3) is 4.63. The van der Waals surface area contributed by atoms with Crippen LogP contribution in [0.25, 0.3) is 10.8 Å². The van der Waals surface area contributed by atoms with Crippen molar-refractivity contribution in [3.05, 3.63) is 76.1 Å². The van der Waals surface area contributed by atoms with Gasteiger partial charge < -0.3 is 4.74 Å². The number of nitrogens with zero attached hydrogens (tertiary/aromatic N) is 1. The summed E-state index contributed by atoms with van der Waals surface area (Å²) in [7, 11) is -2.35. The zero-order chi connectivity index (χ0) is 23.8. The standard InChI is InChI=1S/C25H25ClFNO4S/c1-16-19(14-24(29)32-2)13-18-7-8-20(27)15-21(18)25(16)17-9-11-28(12-10-17)33(30,31)23-6-4-3-5-22(23)26/h3-8,13,15,17H,9-12,14H2,1-2H3. The van der Waals surface area contributed by atoms with E-state index in [2.05, 4.69) is 0 Å². The van der Waals surface area contributed by atoms with Crippen LogP contribution in [0.15, 0.2) is 53.4 Å². The zero-order valence-corrected chi connectivity index (χ0v) is 20.0. The fourth-order valence-corrected chi connectivity index (χ4v) is 6.64. The molecule has 0 atom stereocenters. The van der Waals surface area contributed by atoms with Crippen molar-refractivity contribution in [1.82, 2.24) is 4.31 Å².